The molecular formula is C16H15ClFNO2. The van der Waals surface area contributed by atoms with Crippen molar-refractivity contribution in [3.8, 4) is 0 Å². The first-order valence-corrected chi connectivity index (χ1v) is 6.75. The van der Waals surface area contributed by atoms with Gasteiger partial charge in [0.2, 0.25) is 0 Å². The van der Waals surface area contributed by atoms with E-state index in [0.29, 0.717) is 5.56 Å². The third kappa shape index (κ3) is 3.73. The zero-order valence-electron chi connectivity index (χ0n) is 11.7. The van der Waals surface area contributed by atoms with Crippen molar-refractivity contribution in [1.82, 2.24) is 0 Å². The van der Waals surface area contributed by atoms with Crippen molar-refractivity contribution in [1.29, 1.82) is 0 Å². The second kappa shape index (κ2) is 6.59. The number of hydrogen-bond donors (Lipinski definition) is 1. The van der Waals surface area contributed by atoms with Crippen LogP contribution in [0.1, 0.15) is 17.2 Å². The number of anilines is 1. The zero-order valence-corrected chi connectivity index (χ0v) is 12.4. The Bertz CT molecular complexity index is 660. The van der Waals surface area contributed by atoms with Gasteiger partial charge in [0.05, 0.1) is 7.11 Å². The van der Waals surface area contributed by atoms with Gasteiger partial charge in [-0.25, -0.2) is 9.18 Å². The molecule has 5 heteroatoms. The van der Waals surface area contributed by atoms with Gasteiger partial charge in [-0.2, -0.15) is 0 Å². The summed E-state index contributed by atoms with van der Waals surface area (Å²) < 4.78 is 18.0. The van der Waals surface area contributed by atoms with E-state index < -0.39 is 17.8 Å². The molecule has 0 aliphatic heterocycles. The van der Waals surface area contributed by atoms with E-state index in [-0.39, 0.29) is 5.02 Å². The Kier molecular flexibility index (Phi) is 4.81. The van der Waals surface area contributed by atoms with Gasteiger partial charge >= 0.3 is 5.97 Å². The van der Waals surface area contributed by atoms with E-state index in [1.54, 1.807) is 0 Å². The predicted molar refractivity (Wildman–Crippen MR) is 81.0 cm³/mol. The highest BCUT2D eigenvalue weighted by molar-refractivity contribution is 6.31. The number of rotatable bonds is 4. The van der Waals surface area contributed by atoms with Crippen molar-refractivity contribution >= 4 is 23.3 Å². The summed E-state index contributed by atoms with van der Waals surface area (Å²) in [6.07, 6.45) is 0. The summed E-state index contributed by atoms with van der Waals surface area (Å²) in [4.78, 5) is 12.0. The zero-order chi connectivity index (χ0) is 15.4. The lowest BCUT2D eigenvalue weighted by Gasteiger charge is -2.19. The van der Waals surface area contributed by atoms with Gasteiger partial charge in [-0.3, -0.25) is 0 Å². The molecule has 0 saturated heterocycles. The van der Waals surface area contributed by atoms with E-state index in [9.17, 15) is 9.18 Å². The first-order chi connectivity index (χ1) is 10.0. The van der Waals surface area contributed by atoms with Crippen molar-refractivity contribution in [3.63, 3.8) is 0 Å². The van der Waals surface area contributed by atoms with Crippen molar-refractivity contribution in [2.45, 2.75) is 13.0 Å². The number of nitrogens with one attached hydrogen (secondary N) is 1. The average Bonchev–Trinajstić information content (AvgIpc) is 2.45. The number of carbonyl (C=O) groups is 1. The standard InChI is InChI=1S/C16H15ClFNO2/c1-10-4-3-5-12(8-10)19-15(16(20)21-2)13-7-6-11(18)9-14(13)17/h3-9,15,19H,1-2H3. The second-order valence-electron chi connectivity index (χ2n) is 4.64. The molecule has 0 aromatic heterocycles. The van der Waals surface area contributed by atoms with Crippen LogP contribution >= 0.6 is 11.6 Å². The summed E-state index contributed by atoms with van der Waals surface area (Å²) in [5, 5.41) is 3.24. The monoisotopic (exact) mass is 307 g/mol. The fraction of sp³-hybridized carbons (Fsp3) is 0.188. The molecule has 0 bridgehead atoms. The molecule has 2 aromatic rings. The van der Waals surface area contributed by atoms with E-state index in [1.165, 1.54) is 25.3 Å². The lowest BCUT2D eigenvalue weighted by molar-refractivity contribution is -0.141. The highest BCUT2D eigenvalue weighted by atomic mass is 35.5. The highest BCUT2D eigenvalue weighted by Crippen LogP contribution is 2.28. The molecule has 1 unspecified atom stereocenters. The van der Waals surface area contributed by atoms with Crippen LogP contribution in [0.2, 0.25) is 5.02 Å². The van der Waals surface area contributed by atoms with E-state index in [0.717, 1.165) is 11.3 Å². The summed E-state index contributed by atoms with van der Waals surface area (Å²) in [6.45, 7) is 1.95. The van der Waals surface area contributed by atoms with Crippen molar-refractivity contribution in [3.05, 3.63) is 64.4 Å². The second-order valence-corrected chi connectivity index (χ2v) is 5.04. The SMILES string of the molecule is COC(=O)C(Nc1cccc(C)c1)c1ccc(F)cc1Cl. The molecule has 0 spiro atoms. The Balaban J connectivity index is 2.37. The fourth-order valence-electron chi connectivity index (χ4n) is 2.02. The Morgan fingerprint density at radius 2 is 2.05 bits per heavy atom. The van der Waals surface area contributed by atoms with Gasteiger partial charge in [-0.05, 0) is 36.8 Å². The predicted octanol–water partition coefficient (Wildman–Crippen LogP) is 4.11. The van der Waals surface area contributed by atoms with Gasteiger partial charge in [0.25, 0.3) is 0 Å². The molecule has 0 saturated carbocycles. The molecule has 0 amide bonds. The van der Waals surface area contributed by atoms with E-state index in [2.05, 4.69) is 5.32 Å². The van der Waals surface area contributed by atoms with Crippen LogP contribution in [-0.2, 0) is 9.53 Å². The Morgan fingerprint density at radius 3 is 2.67 bits per heavy atom. The third-order valence-corrected chi connectivity index (χ3v) is 3.37. The first-order valence-electron chi connectivity index (χ1n) is 6.37. The number of esters is 1. The van der Waals surface area contributed by atoms with Gasteiger partial charge in [0.1, 0.15) is 5.82 Å². The molecule has 0 aliphatic rings. The topological polar surface area (TPSA) is 38.3 Å². The van der Waals surface area contributed by atoms with Gasteiger partial charge in [-0.1, -0.05) is 29.8 Å². The Morgan fingerprint density at radius 1 is 1.29 bits per heavy atom. The lowest BCUT2D eigenvalue weighted by Crippen LogP contribution is -2.22. The minimum absolute atomic E-state index is 0.172. The van der Waals surface area contributed by atoms with Crippen LogP contribution in [0.25, 0.3) is 0 Å². The Labute approximate surface area is 127 Å². The molecule has 0 radical (unpaired) electrons. The van der Waals surface area contributed by atoms with Crippen LogP contribution < -0.4 is 5.32 Å². The maximum Gasteiger partial charge on any atom is 0.333 e. The lowest BCUT2D eigenvalue weighted by atomic mass is 10.1. The summed E-state index contributed by atoms with van der Waals surface area (Å²) in [5.41, 5.74) is 2.27. The van der Waals surface area contributed by atoms with Crippen molar-refractivity contribution < 1.29 is 13.9 Å². The maximum atomic E-state index is 13.2. The largest absolute Gasteiger partial charge is 0.467 e. The number of carbonyl (C=O) groups excluding carboxylic acids is 1. The van der Waals surface area contributed by atoms with Crippen molar-refractivity contribution in [2.24, 2.45) is 0 Å². The van der Waals surface area contributed by atoms with Gasteiger partial charge < -0.3 is 10.1 Å². The average molecular weight is 308 g/mol. The molecule has 110 valence electrons. The van der Waals surface area contributed by atoms with E-state index in [1.807, 2.05) is 31.2 Å². The fourth-order valence-corrected chi connectivity index (χ4v) is 2.29. The molecule has 2 aromatic carbocycles. The molecular weight excluding hydrogens is 293 g/mol. The van der Waals surface area contributed by atoms with Gasteiger partial charge in [0.15, 0.2) is 6.04 Å². The van der Waals surface area contributed by atoms with Crippen LogP contribution in [0.3, 0.4) is 0 Å². The highest BCUT2D eigenvalue weighted by Gasteiger charge is 2.24. The van der Waals surface area contributed by atoms with Crippen LogP contribution in [0.5, 0.6) is 0 Å². The minimum atomic E-state index is -0.801. The van der Waals surface area contributed by atoms with Crippen LogP contribution in [-0.4, -0.2) is 13.1 Å². The molecule has 1 atom stereocenters. The molecule has 0 fully saturated rings. The normalized spacial score (nSPS) is 11.8. The summed E-state index contributed by atoms with van der Waals surface area (Å²) in [5.74, 6) is -0.951. The molecule has 1 N–H and O–H groups in total. The van der Waals surface area contributed by atoms with E-state index >= 15 is 0 Å². The molecule has 21 heavy (non-hydrogen) atoms. The van der Waals surface area contributed by atoms with Crippen LogP contribution in [0, 0.1) is 12.7 Å². The first kappa shape index (κ1) is 15.3. The van der Waals surface area contributed by atoms with Crippen molar-refractivity contribution in [2.75, 3.05) is 12.4 Å². The molecule has 3 nitrogen and oxygen atoms in total. The number of halogens is 2. The summed E-state index contributed by atoms with van der Waals surface area (Å²) >= 11 is 6.04. The van der Waals surface area contributed by atoms with Crippen LogP contribution in [0.4, 0.5) is 10.1 Å². The number of aryl methyl sites for hydroxylation is 1. The minimum Gasteiger partial charge on any atom is -0.467 e. The van der Waals surface area contributed by atoms with Crippen LogP contribution in [0.15, 0.2) is 42.5 Å². The number of ether oxygens (including phenoxy) is 1. The number of hydrogen-bond acceptors (Lipinski definition) is 3. The van der Waals surface area contributed by atoms with E-state index in [4.69, 9.17) is 16.3 Å². The number of methoxy groups -OCH3 is 1. The maximum absolute atomic E-state index is 13.2. The number of benzene rings is 2. The van der Waals surface area contributed by atoms with Gasteiger partial charge in [-0.15, -0.1) is 0 Å². The molecule has 0 heterocycles. The third-order valence-electron chi connectivity index (χ3n) is 3.04. The smallest absolute Gasteiger partial charge is 0.333 e. The molecule has 0 aliphatic carbocycles. The van der Waals surface area contributed by atoms with Gasteiger partial charge in [0, 0.05) is 16.3 Å². The quantitative estimate of drug-likeness (QED) is 0.864. The summed E-state index contributed by atoms with van der Waals surface area (Å²) in [7, 11) is 1.30. The Hall–Kier alpha value is -2.07. The molecule has 2 rings (SSSR count). The summed E-state index contributed by atoms with van der Waals surface area (Å²) in [6, 6.07) is 10.7.